The minimum Gasteiger partial charge on any atom is -0.381 e. The van der Waals surface area contributed by atoms with Crippen LogP contribution in [0.25, 0.3) is 0 Å². The molecule has 13 heavy (non-hydrogen) atoms. The van der Waals surface area contributed by atoms with Crippen molar-refractivity contribution in [3.63, 3.8) is 0 Å². The summed E-state index contributed by atoms with van der Waals surface area (Å²) < 4.78 is 0. The van der Waals surface area contributed by atoms with Crippen LogP contribution in [0.5, 0.6) is 0 Å². The largest absolute Gasteiger partial charge is 0.381 e. The van der Waals surface area contributed by atoms with Crippen LogP contribution in [-0.4, -0.2) is 6.04 Å². The maximum Gasteiger partial charge on any atom is 0.0410 e. The van der Waals surface area contributed by atoms with Gasteiger partial charge < -0.3 is 5.32 Å². The highest BCUT2D eigenvalue weighted by atomic mass is 35.5. The summed E-state index contributed by atoms with van der Waals surface area (Å²) in [5.74, 6) is 0. The third kappa shape index (κ3) is 1.22. The van der Waals surface area contributed by atoms with Gasteiger partial charge in [0.1, 0.15) is 0 Å². The van der Waals surface area contributed by atoms with E-state index in [2.05, 4.69) is 38.2 Å². The molecule has 0 spiro atoms. The number of halogens is 1. The molecule has 0 saturated heterocycles. The molecule has 0 fully saturated rings. The van der Waals surface area contributed by atoms with E-state index in [-0.39, 0.29) is 5.41 Å². The molecule has 0 saturated carbocycles. The number of fused-ring (bicyclic) bond motifs is 1. The van der Waals surface area contributed by atoms with Crippen LogP contribution in [0.3, 0.4) is 0 Å². The lowest BCUT2D eigenvalue weighted by atomic mass is 9.81. The van der Waals surface area contributed by atoms with Crippen molar-refractivity contribution in [1.29, 1.82) is 0 Å². The summed E-state index contributed by atoms with van der Waals surface area (Å²) in [6.45, 7) is 6.69. The van der Waals surface area contributed by atoms with Gasteiger partial charge >= 0.3 is 0 Å². The molecule has 0 bridgehead atoms. The minimum atomic E-state index is 0.181. The summed E-state index contributed by atoms with van der Waals surface area (Å²) in [7, 11) is 0. The Balaban J connectivity index is 2.57. The van der Waals surface area contributed by atoms with Gasteiger partial charge in [0.05, 0.1) is 0 Å². The third-order valence-corrected chi connectivity index (χ3v) is 3.37. The second kappa shape index (κ2) is 2.65. The number of benzene rings is 1. The first kappa shape index (κ1) is 8.89. The lowest BCUT2D eigenvalue weighted by Gasteiger charge is -2.23. The lowest BCUT2D eigenvalue weighted by molar-refractivity contribution is 0.486. The summed E-state index contributed by atoms with van der Waals surface area (Å²) in [5, 5.41) is 4.28. The van der Waals surface area contributed by atoms with E-state index < -0.39 is 0 Å². The van der Waals surface area contributed by atoms with Crippen molar-refractivity contribution < 1.29 is 0 Å². The molecule has 1 N–H and O–H groups in total. The highest BCUT2D eigenvalue weighted by Crippen LogP contribution is 2.41. The Bertz CT molecular complexity index is 344. The maximum atomic E-state index is 5.97. The fraction of sp³-hybridized carbons (Fsp3) is 0.455. The van der Waals surface area contributed by atoms with Crippen LogP contribution >= 0.6 is 11.6 Å². The van der Waals surface area contributed by atoms with E-state index in [4.69, 9.17) is 11.6 Å². The molecule has 1 atom stereocenters. The molecule has 0 radical (unpaired) electrons. The van der Waals surface area contributed by atoms with Crippen molar-refractivity contribution in [2.45, 2.75) is 32.2 Å². The van der Waals surface area contributed by atoms with E-state index in [9.17, 15) is 0 Å². The number of rotatable bonds is 0. The number of nitrogens with one attached hydrogen (secondary N) is 1. The molecule has 1 heterocycles. The Morgan fingerprint density at radius 2 is 2.08 bits per heavy atom. The van der Waals surface area contributed by atoms with Crippen LogP contribution in [0.2, 0.25) is 5.02 Å². The maximum absolute atomic E-state index is 5.97. The molecule has 0 amide bonds. The molecule has 1 aliphatic heterocycles. The smallest absolute Gasteiger partial charge is 0.0410 e. The molecule has 0 aliphatic carbocycles. The van der Waals surface area contributed by atoms with Crippen molar-refractivity contribution >= 4 is 17.3 Å². The normalized spacial score (nSPS) is 23.8. The fourth-order valence-corrected chi connectivity index (χ4v) is 1.99. The van der Waals surface area contributed by atoms with Gasteiger partial charge in [-0.2, -0.15) is 0 Å². The zero-order chi connectivity index (χ0) is 9.64. The quantitative estimate of drug-likeness (QED) is 0.669. The van der Waals surface area contributed by atoms with E-state index in [1.54, 1.807) is 0 Å². The zero-order valence-corrected chi connectivity index (χ0v) is 8.94. The van der Waals surface area contributed by atoms with Crippen molar-refractivity contribution in [2.75, 3.05) is 5.32 Å². The average Bonchev–Trinajstić information content (AvgIpc) is 2.27. The molecule has 1 unspecified atom stereocenters. The average molecular weight is 196 g/mol. The standard InChI is InChI=1S/C11H14ClN/c1-7-11(2,3)9-6-8(12)4-5-10(9)13-7/h4-7,13H,1-3H3. The van der Waals surface area contributed by atoms with Crippen LogP contribution in [-0.2, 0) is 5.41 Å². The van der Waals surface area contributed by atoms with E-state index in [1.807, 2.05) is 6.07 Å². The van der Waals surface area contributed by atoms with Crippen LogP contribution in [0.15, 0.2) is 18.2 Å². The first-order valence-electron chi connectivity index (χ1n) is 4.58. The topological polar surface area (TPSA) is 12.0 Å². The van der Waals surface area contributed by atoms with Gasteiger partial charge in [0.25, 0.3) is 0 Å². The second-order valence-electron chi connectivity index (χ2n) is 4.28. The van der Waals surface area contributed by atoms with Gasteiger partial charge in [-0.05, 0) is 30.7 Å². The zero-order valence-electron chi connectivity index (χ0n) is 8.19. The predicted molar refractivity (Wildman–Crippen MR) is 57.6 cm³/mol. The highest BCUT2D eigenvalue weighted by Gasteiger charge is 2.36. The van der Waals surface area contributed by atoms with Gasteiger partial charge in [-0.15, -0.1) is 0 Å². The predicted octanol–water partition coefficient (Wildman–Crippen LogP) is 3.43. The molecule has 70 valence electrons. The lowest BCUT2D eigenvalue weighted by Crippen LogP contribution is -2.29. The second-order valence-corrected chi connectivity index (χ2v) is 4.71. The van der Waals surface area contributed by atoms with Crippen LogP contribution < -0.4 is 5.32 Å². The van der Waals surface area contributed by atoms with Crippen LogP contribution in [0, 0.1) is 0 Å². The van der Waals surface area contributed by atoms with E-state index >= 15 is 0 Å². The number of hydrogen-bond acceptors (Lipinski definition) is 1. The Kier molecular flexibility index (Phi) is 1.81. The molecule has 1 aliphatic rings. The molecular weight excluding hydrogens is 182 g/mol. The summed E-state index contributed by atoms with van der Waals surface area (Å²) in [6, 6.07) is 6.53. The number of hydrogen-bond donors (Lipinski definition) is 1. The highest BCUT2D eigenvalue weighted by molar-refractivity contribution is 6.30. The van der Waals surface area contributed by atoms with Crippen molar-refractivity contribution in [2.24, 2.45) is 0 Å². The molecule has 1 aromatic rings. The van der Waals surface area contributed by atoms with Gasteiger partial charge in [-0.25, -0.2) is 0 Å². The van der Waals surface area contributed by atoms with Gasteiger partial charge in [0, 0.05) is 22.2 Å². The van der Waals surface area contributed by atoms with Crippen molar-refractivity contribution in [3.8, 4) is 0 Å². The summed E-state index contributed by atoms with van der Waals surface area (Å²) in [4.78, 5) is 0. The first-order valence-corrected chi connectivity index (χ1v) is 4.96. The molecule has 1 aromatic carbocycles. The monoisotopic (exact) mass is 195 g/mol. The molecule has 0 aromatic heterocycles. The summed E-state index contributed by atoms with van der Waals surface area (Å²) >= 11 is 5.97. The molecule has 2 rings (SSSR count). The van der Waals surface area contributed by atoms with E-state index in [0.29, 0.717) is 6.04 Å². The van der Waals surface area contributed by atoms with Crippen LogP contribution in [0.4, 0.5) is 5.69 Å². The van der Waals surface area contributed by atoms with E-state index in [1.165, 1.54) is 11.3 Å². The third-order valence-electron chi connectivity index (χ3n) is 3.13. The minimum absolute atomic E-state index is 0.181. The molecule has 2 heteroatoms. The van der Waals surface area contributed by atoms with Gasteiger partial charge in [-0.1, -0.05) is 25.4 Å². The van der Waals surface area contributed by atoms with Crippen molar-refractivity contribution in [3.05, 3.63) is 28.8 Å². The summed E-state index contributed by atoms with van der Waals surface area (Å²) in [6.07, 6.45) is 0. The first-order chi connectivity index (χ1) is 6.01. The summed E-state index contributed by atoms with van der Waals surface area (Å²) in [5.41, 5.74) is 2.73. The van der Waals surface area contributed by atoms with E-state index in [0.717, 1.165) is 5.02 Å². The Labute approximate surface area is 84.1 Å². The van der Waals surface area contributed by atoms with Crippen molar-refractivity contribution in [1.82, 2.24) is 0 Å². The van der Waals surface area contributed by atoms with Crippen LogP contribution in [0.1, 0.15) is 26.3 Å². The Morgan fingerprint density at radius 1 is 1.38 bits per heavy atom. The SMILES string of the molecule is CC1Nc2ccc(Cl)cc2C1(C)C. The van der Waals surface area contributed by atoms with Gasteiger partial charge in [-0.3, -0.25) is 0 Å². The Morgan fingerprint density at radius 3 is 2.77 bits per heavy atom. The number of anilines is 1. The van der Waals surface area contributed by atoms with Gasteiger partial charge in [0.2, 0.25) is 0 Å². The molecular formula is C11H14ClN. The molecule has 1 nitrogen and oxygen atoms in total. The van der Waals surface area contributed by atoms with Gasteiger partial charge in [0.15, 0.2) is 0 Å². The fourth-order valence-electron chi connectivity index (χ4n) is 1.82. The Hall–Kier alpha value is -0.690.